The van der Waals surface area contributed by atoms with Crippen LogP contribution in [-0.4, -0.2) is 10.2 Å². The van der Waals surface area contributed by atoms with Gasteiger partial charge in [-0.15, -0.1) is 0 Å². The summed E-state index contributed by atoms with van der Waals surface area (Å²) in [6.45, 7) is 4.19. The Hall–Kier alpha value is -1.38. The molecule has 0 N–H and O–H groups in total. The number of fused-ring (bicyclic) bond motifs is 1. The van der Waals surface area contributed by atoms with Gasteiger partial charge in [0.2, 0.25) is 0 Å². The first-order valence-electron chi connectivity index (χ1n) is 3.98. The fourth-order valence-electron chi connectivity index (χ4n) is 1.26. The second-order valence-electron chi connectivity index (χ2n) is 3.08. The van der Waals surface area contributed by atoms with Gasteiger partial charge in [-0.3, -0.25) is 0 Å². The minimum Gasteiger partial charge on any atom is -0.463 e. The summed E-state index contributed by atoms with van der Waals surface area (Å²) in [6.07, 6.45) is 3.31. The number of nitrogens with zero attached hydrogens (tertiary/aromatic N) is 2. The van der Waals surface area contributed by atoms with Gasteiger partial charge in [-0.2, -0.15) is 10.2 Å². The molecule has 2 heterocycles. The number of furan rings is 1. The van der Waals surface area contributed by atoms with Gasteiger partial charge < -0.3 is 4.42 Å². The molecular weight excluding hydrogens is 152 g/mol. The van der Waals surface area contributed by atoms with Crippen LogP contribution in [0.4, 0.5) is 0 Å². The van der Waals surface area contributed by atoms with Crippen molar-refractivity contribution in [2.75, 3.05) is 0 Å². The zero-order chi connectivity index (χ0) is 8.55. The van der Waals surface area contributed by atoms with E-state index in [0.717, 1.165) is 16.7 Å². The quantitative estimate of drug-likeness (QED) is 0.646. The molecule has 0 amide bonds. The Morgan fingerprint density at radius 3 is 3.00 bits per heavy atom. The molecule has 0 radical (unpaired) electrons. The molecule has 0 fully saturated rings. The Morgan fingerprint density at radius 1 is 1.42 bits per heavy atom. The molecule has 12 heavy (non-hydrogen) atoms. The van der Waals surface area contributed by atoms with E-state index in [9.17, 15) is 0 Å². The molecule has 62 valence electrons. The summed E-state index contributed by atoms with van der Waals surface area (Å²) < 4.78 is 5.21. The normalized spacial score (nSPS) is 11.2. The molecule has 0 aliphatic rings. The predicted molar refractivity (Wildman–Crippen MR) is 45.9 cm³/mol. The van der Waals surface area contributed by atoms with E-state index in [2.05, 4.69) is 24.0 Å². The minimum atomic E-state index is 0.388. The van der Waals surface area contributed by atoms with Crippen LogP contribution in [0.3, 0.4) is 0 Å². The van der Waals surface area contributed by atoms with Crippen molar-refractivity contribution in [3.63, 3.8) is 0 Å². The first kappa shape index (κ1) is 7.28. The van der Waals surface area contributed by atoms with E-state index < -0.39 is 0 Å². The lowest BCUT2D eigenvalue weighted by atomic mass is 10.1. The van der Waals surface area contributed by atoms with Crippen molar-refractivity contribution in [3.8, 4) is 0 Å². The van der Waals surface area contributed by atoms with Crippen LogP contribution in [0.25, 0.3) is 11.0 Å². The summed E-state index contributed by atoms with van der Waals surface area (Å²) in [5.74, 6) is 0.388. The summed E-state index contributed by atoms with van der Waals surface area (Å²) in [5, 5.41) is 9.00. The maximum Gasteiger partial charge on any atom is 0.155 e. The lowest BCUT2D eigenvalue weighted by Crippen LogP contribution is -1.94. The molecule has 3 heteroatoms. The Morgan fingerprint density at radius 2 is 2.25 bits per heavy atom. The van der Waals surface area contributed by atoms with Crippen molar-refractivity contribution in [2.45, 2.75) is 19.8 Å². The lowest BCUT2D eigenvalue weighted by molar-refractivity contribution is 0.612. The molecule has 0 bridgehead atoms. The van der Waals surface area contributed by atoms with Gasteiger partial charge in [0.1, 0.15) is 0 Å². The molecule has 0 spiro atoms. The van der Waals surface area contributed by atoms with E-state index in [1.54, 1.807) is 12.5 Å². The van der Waals surface area contributed by atoms with Gasteiger partial charge in [0, 0.05) is 5.39 Å². The number of hydrogen-bond donors (Lipinski definition) is 0. The first-order valence-corrected chi connectivity index (χ1v) is 3.98. The standard InChI is InChI=1S/C9H10N2O/c1-6(2)9-7-3-4-12-8(7)5-10-11-9/h3-6H,1-2H3. The van der Waals surface area contributed by atoms with Crippen LogP contribution in [0.1, 0.15) is 25.5 Å². The first-order chi connectivity index (χ1) is 5.79. The van der Waals surface area contributed by atoms with Crippen LogP contribution in [0, 0.1) is 0 Å². The van der Waals surface area contributed by atoms with Crippen LogP contribution < -0.4 is 0 Å². The van der Waals surface area contributed by atoms with Crippen molar-refractivity contribution < 1.29 is 4.42 Å². The molecule has 2 aromatic heterocycles. The highest BCUT2D eigenvalue weighted by atomic mass is 16.3. The van der Waals surface area contributed by atoms with Crippen molar-refractivity contribution in [2.24, 2.45) is 0 Å². The SMILES string of the molecule is CC(C)c1nncc2occc12. The van der Waals surface area contributed by atoms with Crippen LogP contribution >= 0.6 is 0 Å². The molecular formula is C9H10N2O. The summed E-state index contributed by atoms with van der Waals surface area (Å²) in [6, 6.07) is 1.93. The van der Waals surface area contributed by atoms with Crippen molar-refractivity contribution >= 4 is 11.0 Å². The van der Waals surface area contributed by atoms with Crippen LogP contribution in [0.2, 0.25) is 0 Å². The lowest BCUT2D eigenvalue weighted by Gasteiger charge is -2.02. The van der Waals surface area contributed by atoms with Crippen LogP contribution in [0.15, 0.2) is 22.9 Å². The average molecular weight is 162 g/mol. The Bertz CT molecular complexity index is 392. The number of rotatable bonds is 1. The molecule has 0 aliphatic carbocycles. The largest absolute Gasteiger partial charge is 0.463 e. The zero-order valence-electron chi connectivity index (χ0n) is 7.11. The molecule has 0 atom stereocenters. The monoisotopic (exact) mass is 162 g/mol. The maximum absolute atomic E-state index is 5.21. The van der Waals surface area contributed by atoms with Crippen LogP contribution in [0.5, 0.6) is 0 Å². The van der Waals surface area contributed by atoms with Gasteiger partial charge in [-0.1, -0.05) is 13.8 Å². The fourth-order valence-corrected chi connectivity index (χ4v) is 1.26. The molecule has 0 saturated carbocycles. The molecule has 0 aromatic carbocycles. The van der Waals surface area contributed by atoms with E-state index >= 15 is 0 Å². The average Bonchev–Trinajstić information content (AvgIpc) is 2.49. The minimum absolute atomic E-state index is 0.388. The highest BCUT2D eigenvalue weighted by Gasteiger charge is 2.08. The highest BCUT2D eigenvalue weighted by Crippen LogP contribution is 2.22. The molecule has 2 aromatic rings. The predicted octanol–water partition coefficient (Wildman–Crippen LogP) is 2.35. The van der Waals surface area contributed by atoms with E-state index in [-0.39, 0.29) is 0 Å². The molecule has 0 aliphatic heterocycles. The molecule has 0 unspecified atom stereocenters. The van der Waals surface area contributed by atoms with Gasteiger partial charge in [0.05, 0.1) is 18.2 Å². The van der Waals surface area contributed by atoms with E-state index in [1.165, 1.54) is 0 Å². The summed E-state index contributed by atoms with van der Waals surface area (Å²) >= 11 is 0. The smallest absolute Gasteiger partial charge is 0.155 e. The molecule has 2 rings (SSSR count). The Balaban J connectivity index is 2.73. The Labute approximate surface area is 70.4 Å². The van der Waals surface area contributed by atoms with Crippen molar-refractivity contribution in [1.82, 2.24) is 10.2 Å². The van der Waals surface area contributed by atoms with E-state index in [1.807, 2.05) is 6.07 Å². The maximum atomic E-state index is 5.21. The molecule has 0 saturated heterocycles. The number of aromatic nitrogens is 2. The summed E-state index contributed by atoms with van der Waals surface area (Å²) in [7, 11) is 0. The van der Waals surface area contributed by atoms with Crippen LogP contribution in [-0.2, 0) is 0 Å². The summed E-state index contributed by atoms with van der Waals surface area (Å²) in [5.41, 5.74) is 1.81. The molecule has 3 nitrogen and oxygen atoms in total. The van der Waals surface area contributed by atoms with Gasteiger partial charge in [0.15, 0.2) is 5.58 Å². The van der Waals surface area contributed by atoms with Gasteiger partial charge >= 0.3 is 0 Å². The van der Waals surface area contributed by atoms with Gasteiger partial charge in [-0.05, 0) is 12.0 Å². The third-order valence-corrected chi connectivity index (χ3v) is 1.86. The summed E-state index contributed by atoms with van der Waals surface area (Å²) in [4.78, 5) is 0. The van der Waals surface area contributed by atoms with Crippen molar-refractivity contribution in [3.05, 3.63) is 24.2 Å². The van der Waals surface area contributed by atoms with E-state index in [4.69, 9.17) is 4.42 Å². The second kappa shape index (κ2) is 2.59. The number of hydrogen-bond acceptors (Lipinski definition) is 3. The highest BCUT2D eigenvalue weighted by molar-refractivity contribution is 5.78. The third kappa shape index (κ3) is 0.978. The van der Waals surface area contributed by atoms with E-state index in [0.29, 0.717) is 5.92 Å². The third-order valence-electron chi connectivity index (χ3n) is 1.86. The fraction of sp³-hybridized carbons (Fsp3) is 0.333. The van der Waals surface area contributed by atoms with Crippen molar-refractivity contribution in [1.29, 1.82) is 0 Å². The topological polar surface area (TPSA) is 38.9 Å². The zero-order valence-corrected chi connectivity index (χ0v) is 7.11. The van der Waals surface area contributed by atoms with Gasteiger partial charge in [-0.25, -0.2) is 0 Å². The van der Waals surface area contributed by atoms with Gasteiger partial charge in [0.25, 0.3) is 0 Å². The second-order valence-corrected chi connectivity index (χ2v) is 3.08. The Kier molecular flexibility index (Phi) is 1.57.